The van der Waals surface area contributed by atoms with Crippen LogP contribution in [0.5, 0.6) is 0 Å². The molecule has 19 heavy (non-hydrogen) atoms. The van der Waals surface area contributed by atoms with E-state index in [0.29, 0.717) is 18.0 Å². The third kappa shape index (κ3) is 3.39. The molecule has 0 saturated heterocycles. The summed E-state index contributed by atoms with van der Waals surface area (Å²) >= 11 is 0. The maximum absolute atomic E-state index is 11.7. The molecule has 0 fully saturated rings. The Bertz CT molecular complexity index is 595. The largest absolute Gasteiger partial charge is 0.383 e. The highest BCUT2D eigenvalue weighted by Gasteiger charge is 2.04. The summed E-state index contributed by atoms with van der Waals surface area (Å²) in [6.45, 7) is 4.25. The van der Waals surface area contributed by atoms with Crippen LogP contribution in [0, 0.1) is 0 Å². The lowest BCUT2D eigenvalue weighted by Crippen LogP contribution is -2.33. The van der Waals surface area contributed by atoms with E-state index in [9.17, 15) is 4.79 Å². The van der Waals surface area contributed by atoms with E-state index in [0.717, 1.165) is 18.6 Å². The molecule has 2 rings (SSSR count). The van der Waals surface area contributed by atoms with Gasteiger partial charge in [0.25, 0.3) is 0 Å². The fourth-order valence-electron chi connectivity index (χ4n) is 2.06. The molecule has 1 atom stereocenters. The molecule has 1 N–H and O–H groups in total. The molecule has 102 valence electrons. The maximum atomic E-state index is 11.7. The van der Waals surface area contributed by atoms with Gasteiger partial charge in [0.15, 0.2) is 0 Å². The lowest BCUT2D eigenvalue weighted by atomic mass is 10.2. The highest BCUT2D eigenvalue weighted by atomic mass is 16.5. The molecule has 0 aliphatic heterocycles. The van der Waals surface area contributed by atoms with Gasteiger partial charge >= 0.3 is 0 Å². The van der Waals surface area contributed by atoms with Crippen LogP contribution in [0.1, 0.15) is 6.92 Å². The molecule has 0 spiro atoms. The summed E-state index contributed by atoms with van der Waals surface area (Å²) in [6, 6.07) is 7.84. The molecule has 1 heterocycles. The van der Waals surface area contributed by atoms with E-state index in [1.807, 2.05) is 28.9 Å². The number of methoxy groups -OCH3 is 1. The lowest BCUT2D eigenvalue weighted by molar-refractivity contribution is 0.171. The molecular formula is C14H19N3O2. The lowest BCUT2D eigenvalue weighted by Gasteiger charge is -2.14. The van der Waals surface area contributed by atoms with E-state index in [1.54, 1.807) is 7.11 Å². The number of aromatic nitrogens is 2. The van der Waals surface area contributed by atoms with Crippen LogP contribution in [-0.2, 0) is 11.3 Å². The van der Waals surface area contributed by atoms with E-state index in [1.165, 1.54) is 6.20 Å². The van der Waals surface area contributed by atoms with E-state index in [-0.39, 0.29) is 5.43 Å². The minimum Gasteiger partial charge on any atom is -0.383 e. The Hall–Kier alpha value is -1.72. The van der Waals surface area contributed by atoms with Gasteiger partial charge in [-0.2, -0.15) is 5.10 Å². The number of nitrogens with zero attached hydrogens (tertiary/aromatic N) is 2. The third-order valence-corrected chi connectivity index (χ3v) is 3.00. The zero-order chi connectivity index (χ0) is 13.7. The number of para-hydroxylation sites is 1. The second-order valence-electron chi connectivity index (χ2n) is 4.56. The van der Waals surface area contributed by atoms with Crippen molar-refractivity contribution in [1.29, 1.82) is 0 Å². The third-order valence-electron chi connectivity index (χ3n) is 3.00. The first-order valence-electron chi connectivity index (χ1n) is 6.39. The van der Waals surface area contributed by atoms with Crippen LogP contribution in [0.3, 0.4) is 0 Å². The molecule has 0 radical (unpaired) electrons. The first-order valence-corrected chi connectivity index (χ1v) is 6.39. The van der Waals surface area contributed by atoms with Crippen LogP contribution >= 0.6 is 0 Å². The predicted octanol–water partition coefficient (Wildman–Crippen LogP) is 1.02. The van der Waals surface area contributed by atoms with Crippen LogP contribution in [-0.4, -0.2) is 36.1 Å². The summed E-state index contributed by atoms with van der Waals surface area (Å²) in [6.07, 6.45) is 1.38. The molecule has 0 bridgehead atoms. The van der Waals surface area contributed by atoms with Crippen LogP contribution in [0.15, 0.2) is 35.3 Å². The van der Waals surface area contributed by atoms with Gasteiger partial charge in [0.1, 0.15) is 0 Å². The van der Waals surface area contributed by atoms with E-state index in [4.69, 9.17) is 4.74 Å². The van der Waals surface area contributed by atoms with Crippen molar-refractivity contribution >= 4 is 10.9 Å². The number of hydrogen-bond acceptors (Lipinski definition) is 4. The molecule has 2 aromatic rings. The average molecular weight is 261 g/mol. The SMILES string of the molecule is COCC(C)NCCn1ncc(=O)c2ccccc21. The van der Waals surface area contributed by atoms with Crippen molar-refractivity contribution in [1.82, 2.24) is 15.1 Å². The Kier molecular flexibility index (Phi) is 4.65. The van der Waals surface area contributed by atoms with Gasteiger partial charge in [0, 0.05) is 25.1 Å². The number of nitrogens with one attached hydrogen (secondary N) is 1. The molecule has 1 unspecified atom stereocenters. The summed E-state index contributed by atoms with van der Waals surface area (Å²) in [5.74, 6) is 0. The Morgan fingerprint density at radius 2 is 2.21 bits per heavy atom. The average Bonchev–Trinajstić information content (AvgIpc) is 2.42. The molecule has 1 aromatic carbocycles. The molecule has 5 heteroatoms. The van der Waals surface area contributed by atoms with Crippen LogP contribution < -0.4 is 10.7 Å². The highest BCUT2D eigenvalue weighted by Crippen LogP contribution is 2.07. The standard InChI is InChI=1S/C14H19N3O2/c1-11(10-19-2)15-7-8-17-13-6-4-3-5-12(13)14(18)9-16-17/h3-6,9,11,15H,7-8,10H2,1-2H3. The molecule has 0 aliphatic carbocycles. The van der Waals surface area contributed by atoms with Gasteiger partial charge in [-0.3, -0.25) is 9.48 Å². The van der Waals surface area contributed by atoms with Crippen molar-refractivity contribution in [3.8, 4) is 0 Å². The predicted molar refractivity (Wildman–Crippen MR) is 75.3 cm³/mol. The zero-order valence-electron chi connectivity index (χ0n) is 11.3. The second-order valence-corrected chi connectivity index (χ2v) is 4.56. The first-order chi connectivity index (χ1) is 9.22. The quantitative estimate of drug-likeness (QED) is 0.843. The monoisotopic (exact) mass is 261 g/mol. The van der Waals surface area contributed by atoms with Gasteiger partial charge in [-0.15, -0.1) is 0 Å². The van der Waals surface area contributed by atoms with Crippen LogP contribution in [0.4, 0.5) is 0 Å². The second kappa shape index (κ2) is 6.45. The molecule has 0 aliphatic rings. The van der Waals surface area contributed by atoms with Crippen molar-refractivity contribution in [2.75, 3.05) is 20.3 Å². The number of benzene rings is 1. The minimum absolute atomic E-state index is 0.0347. The number of hydrogen-bond donors (Lipinski definition) is 1. The van der Waals surface area contributed by atoms with Crippen molar-refractivity contribution in [3.05, 3.63) is 40.7 Å². The Labute approximate surface area is 112 Å². The normalized spacial score (nSPS) is 12.7. The summed E-state index contributed by atoms with van der Waals surface area (Å²) in [5, 5.41) is 8.24. The van der Waals surface area contributed by atoms with Gasteiger partial charge < -0.3 is 10.1 Å². The van der Waals surface area contributed by atoms with Crippen LogP contribution in [0.25, 0.3) is 10.9 Å². The molecule has 0 amide bonds. The fraction of sp³-hybridized carbons (Fsp3) is 0.429. The van der Waals surface area contributed by atoms with Crippen molar-refractivity contribution in [3.63, 3.8) is 0 Å². The summed E-state index contributed by atoms with van der Waals surface area (Å²) in [4.78, 5) is 11.7. The summed E-state index contributed by atoms with van der Waals surface area (Å²) in [5.41, 5.74) is 0.837. The Balaban J connectivity index is 2.09. The summed E-state index contributed by atoms with van der Waals surface area (Å²) in [7, 11) is 1.69. The van der Waals surface area contributed by atoms with Crippen molar-refractivity contribution in [2.24, 2.45) is 0 Å². The van der Waals surface area contributed by atoms with E-state index >= 15 is 0 Å². The zero-order valence-corrected chi connectivity index (χ0v) is 11.3. The topological polar surface area (TPSA) is 56.1 Å². The molecule has 5 nitrogen and oxygen atoms in total. The number of fused-ring (bicyclic) bond motifs is 1. The number of rotatable bonds is 6. The fourth-order valence-corrected chi connectivity index (χ4v) is 2.06. The maximum Gasteiger partial charge on any atom is 0.207 e. The van der Waals surface area contributed by atoms with Gasteiger partial charge in [0.05, 0.1) is 24.9 Å². The number of ether oxygens (including phenoxy) is 1. The van der Waals surface area contributed by atoms with Gasteiger partial charge in [-0.05, 0) is 19.1 Å². The molecule has 0 saturated carbocycles. The Morgan fingerprint density at radius 3 is 3.00 bits per heavy atom. The van der Waals surface area contributed by atoms with Gasteiger partial charge in [-0.25, -0.2) is 0 Å². The van der Waals surface area contributed by atoms with E-state index in [2.05, 4.69) is 17.3 Å². The molecular weight excluding hydrogens is 242 g/mol. The van der Waals surface area contributed by atoms with Gasteiger partial charge in [0.2, 0.25) is 5.43 Å². The van der Waals surface area contributed by atoms with Gasteiger partial charge in [-0.1, -0.05) is 12.1 Å². The highest BCUT2D eigenvalue weighted by molar-refractivity contribution is 5.77. The minimum atomic E-state index is -0.0347. The van der Waals surface area contributed by atoms with Crippen molar-refractivity contribution in [2.45, 2.75) is 19.5 Å². The smallest absolute Gasteiger partial charge is 0.207 e. The van der Waals surface area contributed by atoms with Crippen molar-refractivity contribution < 1.29 is 4.74 Å². The molecule has 1 aromatic heterocycles. The Morgan fingerprint density at radius 1 is 1.42 bits per heavy atom. The first kappa shape index (κ1) is 13.7. The van der Waals surface area contributed by atoms with Crippen LogP contribution in [0.2, 0.25) is 0 Å². The summed E-state index contributed by atoms with van der Waals surface area (Å²) < 4.78 is 6.92. The van der Waals surface area contributed by atoms with E-state index < -0.39 is 0 Å².